The average molecular weight is 581 g/mol. The lowest BCUT2D eigenvalue weighted by atomic mass is 9.98. The van der Waals surface area contributed by atoms with Gasteiger partial charge in [0.15, 0.2) is 12.2 Å². The van der Waals surface area contributed by atoms with Crippen molar-refractivity contribution in [3.63, 3.8) is 0 Å². The van der Waals surface area contributed by atoms with Crippen LogP contribution < -0.4 is 0 Å². The fourth-order valence-electron chi connectivity index (χ4n) is 4.54. The van der Waals surface area contributed by atoms with Crippen LogP contribution in [0.2, 0.25) is 0 Å². The molecule has 9 heteroatoms. The van der Waals surface area contributed by atoms with Crippen LogP contribution in [-0.2, 0) is 23.7 Å². The minimum Gasteiger partial charge on any atom is -0.452 e. The van der Waals surface area contributed by atoms with Crippen molar-refractivity contribution in [3.8, 4) is 0 Å². The summed E-state index contributed by atoms with van der Waals surface area (Å²) in [6.45, 7) is 1.57. The molecule has 0 amide bonds. The number of hydrogen-bond acceptors (Lipinski definition) is 9. The molecule has 218 valence electrons. The number of hydrogen-bond donors (Lipinski definition) is 0. The Hall–Kier alpha value is -5.28. The molecule has 1 saturated heterocycles. The van der Waals surface area contributed by atoms with Gasteiger partial charge in [0.2, 0.25) is 12.4 Å². The number of carbonyl (C=O) groups is 4. The van der Waals surface area contributed by atoms with Gasteiger partial charge in [0.05, 0.1) is 28.4 Å². The third kappa shape index (κ3) is 7.14. The first-order valence-corrected chi connectivity index (χ1v) is 13.6. The summed E-state index contributed by atoms with van der Waals surface area (Å²) in [5.74, 6) is -3.03. The molecule has 43 heavy (non-hydrogen) atoms. The first-order valence-electron chi connectivity index (χ1n) is 13.6. The van der Waals surface area contributed by atoms with E-state index < -0.39 is 54.6 Å². The van der Waals surface area contributed by atoms with Crippen LogP contribution >= 0.6 is 0 Å². The van der Waals surface area contributed by atoms with Gasteiger partial charge >= 0.3 is 23.9 Å². The predicted molar refractivity (Wildman–Crippen MR) is 153 cm³/mol. The van der Waals surface area contributed by atoms with Gasteiger partial charge in [0.1, 0.15) is 0 Å². The molecule has 0 saturated carbocycles. The summed E-state index contributed by atoms with van der Waals surface area (Å²) in [6.07, 6.45) is -6.67. The van der Waals surface area contributed by atoms with E-state index in [0.717, 1.165) is 0 Å². The number of ether oxygens (including phenoxy) is 5. The Kier molecular flexibility index (Phi) is 9.23. The first kappa shape index (κ1) is 29.2. The van der Waals surface area contributed by atoms with Gasteiger partial charge in [-0.3, -0.25) is 0 Å². The minimum atomic E-state index is -1.52. The van der Waals surface area contributed by atoms with Crippen molar-refractivity contribution in [1.29, 1.82) is 0 Å². The summed E-state index contributed by atoms with van der Waals surface area (Å²) in [5.41, 5.74) is 0.876. The number of esters is 4. The second-order valence-corrected chi connectivity index (χ2v) is 9.69. The lowest BCUT2D eigenvalue weighted by Crippen LogP contribution is -2.61. The highest BCUT2D eigenvalue weighted by atomic mass is 16.7. The quantitative estimate of drug-likeness (QED) is 0.203. The fourth-order valence-corrected chi connectivity index (χ4v) is 4.54. The van der Waals surface area contributed by atoms with E-state index in [0.29, 0.717) is 0 Å². The molecule has 1 fully saturated rings. The van der Waals surface area contributed by atoms with E-state index in [-0.39, 0.29) is 22.3 Å². The van der Waals surface area contributed by atoms with Gasteiger partial charge in [-0.2, -0.15) is 0 Å². The van der Waals surface area contributed by atoms with Gasteiger partial charge in [-0.05, 0) is 55.5 Å². The van der Waals surface area contributed by atoms with E-state index in [2.05, 4.69) is 0 Å². The number of carbonyl (C=O) groups excluding carboxylic acids is 4. The molecule has 1 heterocycles. The number of rotatable bonds is 8. The summed E-state index contributed by atoms with van der Waals surface area (Å²) in [4.78, 5) is 52.8. The lowest BCUT2D eigenvalue weighted by Gasteiger charge is -2.43. The van der Waals surface area contributed by atoms with Crippen molar-refractivity contribution < 1.29 is 42.9 Å². The monoisotopic (exact) mass is 580 g/mol. The zero-order chi connectivity index (χ0) is 30.2. The van der Waals surface area contributed by atoms with Gasteiger partial charge in [0, 0.05) is 0 Å². The van der Waals surface area contributed by atoms with Crippen molar-refractivity contribution in [2.24, 2.45) is 0 Å². The normalized spacial score (nSPS) is 21.2. The maximum absolute atomic E-state index is 13.3. The van der Waals surface area contributed by atoms with Crippen LogP contribution in [0.15, 0.2) is 121 Å². The Morgan fingerprint density at radius 2 is 0.744 bits per heavy atom. The van der Waals surface area contributed by atoms with E-state index in [1.54, 1.807) is 116 Å². The van der Waals surface area contributed by atoms with E-state index >= 15 is 0 Å². The summed E-state index contributed by atoms with van der Waals surface area (Å²) in [5, 5.41) is 0. The highest BCUT2D eigenvalue weighted by Crippen LogP contribution is 2.31. The molecule has 2 unspecified atom stereocenters. The predicted octanol–water partition coefficient (Wildman–Crippen LogP) is 5.27. The molecule has 0 N–H and O–H groups in total. The summed E-state index contributed by atoms with van der Waals surface area (Å²) >= 11 is 0. The second-order valence-electron chi connectivity index (χ2n) is 9.69. The Morgan fingerprint density at radius 1 is 0.442 bits per heavy atom. The standard InChI is InChI=1S/C34H28O9/c1-22-27(40-30(35)23-14-6-2-7-15-23)28(41-31(36)24-16-8-3-9-17-24)29(42-32(37)25-18-10-4-11-19-25)34(39-22)43-33(38)26-20-12-5-13-21-26/h2-22,27-29,34H,1H3/t22?,27-,28+,29-,34?/m0/s1. The van der Waals surface area contributed by atoms with Crippen molar-refractivity contribution >= 4 is 23.9 Å². The molecule has 0 spiro atoms. The van der Waals surface area contributed by atoms with E-state index in [1.807, 2.05) is 0 Å². The van der Waals surface area contributed by atoms with Gasteiger partial charge < -0.3 is 23.7 Å². The molecule has 4 aromatic carbocycles. The summed E-state index contributed by atoms with van der Waals surface area (Å²) in [7, 11) is 0. The molecule has 5 atom stereocenters. The Bertz CT molecular complexity index is 1540. The molecule has 1 aliphatic heterocycles. The molecule has 0 aliphatic carbocycles. The zero-order valence-corrected chi connectivity index (χ0v) is 23.1. The van der Waals surface area contributed by atoms with Crippen LogP contribution in [0.1, 0.15) is 48.4 Å². The Balaban J connectivity index is 1.51. The highest BCUT2D eigenvalue weighted by Gasteiger charge is 2.53. The molecule has 0 radical (unpaired) electrons. The van der Waals surface area contributed by atoms with Crippen molar-refractivity contribution in [2.75, 3.05) is 0 Å². The molecule has 5 rings (SSSR count). The molecule has 1 aliphatic rings. The van der Waals surface area contributed by atoms with Crippen LogP contribution in [0.5, 0.6) is 0 Å². The maximum Gasteiger partial charge on any atom is 0.340 e. The SMILES string of the molecule is CC1OC(OC(=O)c2ccccc2)[C@@H](OC(=O)c2ccccc2)[C@H](OC(=O)c2ccccc2)[C@H]1OC(=O)c1ccccc1. The average Bonchev–Trinajstić information content (AvgIpc) is 3.05. The van der Waals surface area contributed by atoms with E-state index in [1.165, 1.54) is 12.1 Å². The topological polar surface area (TPSA) is 114 Å². The van der Waals surface area contributed by atoms with Gasteiger partial charge in [-0.15, -0.1) is 0 Å². The van der Waals surface area contributed by atoms with Crippen molar-refractivity contribution in [3.05, 3.63) is 144 Å². The smallest absolute Gasteiger partial charge is 0.340 e. The molecular formula is C34H28O9. The first-order chi connectivity index (χ1) is 20.9. The fraction of sp³-hybridized carbons (Fsp3) is 0.176. The highest BCUT2D eigenvalue weighted by molar-refractivity contribution is 5.92. The molecule has 0 aromatic heterocycles. The minimum absolute atomic E-state index is 0.195. The lowest BCUT2D eigenvalue weighted by molar-refractivity contribution is -0.274. The van der Waals surface area contributed by atoms with Crippen LogP contribution in [0.25, 0.3) is 0 Å². The van der Waals surface area contributed by atoms with Crippen LogP contribution in [0.3, 0.4) is 0 Å². The van der Waals surface area contributed by atoms with Crippen molar-refractivity contribution in [1.82, 2.24) is 0 Å². The van der Waals surface area contributed by atoms with E-state index in [4.69, 9.17) is 23.7 Å². The molecular weight excluding hydrogens is 552 g/mol. The largest absolute Gasteiger partial charge is 0.452 e. The third-order valence-corrected chi connectivity index (χ3v) is 6.72. The second kappa shape index (κ2) is 13.6. The van der Waals surface area contributed by atoms with Crippen LogP contribution in [0, 0.1) is 0 Å². The van der Waals surface area contributed by atoms with Gasteiger partial charge in [-0.25, -0.2) is 19.2 Å². The van der Waals surface area contributed by atoms with Gasteiger partial charge in [-0.1, -0.05) is 72.8 Å². The van der Waals surface area contributed by atoms with Gasteiger partial charge in [0.25, 0.3) is 0 Å². The Morgan fingerprint density at radius 3 is 1.12 bits per heavy atom. The third-order valence-electron chi connectivity index (χ3n) is 6.72. The summed E-state index contributed by atoms with van der Waals surface area (Å²) in [6, 6.07) is 32.7. The zero-order valence-electron chi connectivity index (χ0n) is 23.1. The van der Waals surface area contributed by atoms with Crippen molar-refractivity contribution in [2.45, 2.75) is 37.6 Å². The number of benzene rings is 4. The Labute approximate surface area is 247 Å². The molecule has 4 aromatic rings. The maximum atomic E-state index is 13.3. The summed E-state index contributed by atoms with van der Waals surface area (Å²) < 4.78 is 29.2. The van der Waals surface area contributed by atoms with Crippen LogP contribution in [0.4, 0.5) is 0 Å². The van der Waals surface area contributed by atoms with Crippen LogP contribution in [-0.4, -0.2) is 54.6 Å². The molecule has 9 nitrogen and oxygen atoms in total. The van der Waals surface area contributed by atoms with E-state index in [9.17, 15) is 19.2 Å². The molecule has 0 bridgehead atoms.